The second kappa shape index (κ2) is 9.65. The van der Waals surface area contributed by atoms with E-state index in [1.807, 2.05) is 66.7 Å². The highest BCUT2D eigenvalue weighted by molar-refractivity contribution is 6.31. The third kappa shape index (κ3) is 5.39. The minimum Gasteiger partial charge on any atom is -0.493 e. The average molecular weight is 402 g/mol. The van der Waals surface area contributed by atoms with Crippen molar-refractivity contribution in [3.05, 3.63) is 93.5 Å². The van der Waals surface area contributed by atoms with Gasteiger partial charge in [-0.2, -0.15) is 0 Å². The largest absolute Gasteiger partial charge is 0.493 e. The first kappa shape index (κ1) is 19.6. The number of hydrogen-bond donors (Lipinski definition) is 1. The minimum absolute atomic E-state index is 0.415. The van der Waals surface area contributed by atoms with Gasteiger partial charge in [-0.05, 0) is 35.4 Å². The summed E-state index contributed by atoms with van der Waals surface area (Å²) in [6, 6.07) is 21.3. The van der Waals surface area contributed by atoms with Crippen molar-refractivity contribution < 1.29 is 9.47 Å². The van der Waals surface area contributed by atoms with Crippen LogP contribution in [0.2, 0.25) is 10.0 Å². The number of rotatable bonds is 8. The molecule has 0 atom stereocenters. The Morgan fingerprint density at radius 1 is 0.852 bits per heavy atom. The molecule has 0 fully saturated rings. The zero-order valence-electron chi connectivity index (χ0n) is 15.0. The van der Waals surface area contributed by atoms with E-state index < -0.39 is 0 Å². The number of ether oxygens (including phenoxy) is 2. The maximum Gasteiger partial charge on any atom is 0.166 e. The van der Waals surface area contributed by atoms with Crippen LogP contribution >= 0.6 is 23.2 Å². The number of hydrogen-bond acceptors (Lipinski definition) is 3. The van der Waals surface area contributed by atoms with Gasteiger partial charge in [0.05, 0.1) is 7.11 Å². The van der Waals surface area contributed by atoms with Crippen LogP contribution < -0.4 is 14.8 Å². The van der Waals surface area contributed by atoms with Gasteiger partial charge in [0.15, 0.2) is 11.5 Å². The molecule has 1 N–H and O–H groups in total. The molecule has 0 aliphatic carbocycles. The summed E-state index contributed by atoms with van der Waals surface area (Å²) in [4.78, 5) is 0. The highest BCUT2D eigenvalue weighted by Gasteiger charge is 2.11. The molecule has 0 unspecified atom stereocenters. The van der Waals surface area contributed by atoms with Gasteiger partial charge in [0, 0.05) is 28.7 Å². The first-order valence-electron chi connectivity index (χ1n) is 8.64. The van der Waals surface area contributed by atoms with E-state index in [0.717, 1.165) is 27.5 Å². The molecule has 3 rings (SSSR count). The second-order valence-corrected chi connectivity index (χ2v) is 6.91. The molecular formula is C22H21Cl2NO2. The Morgan fingerprint density at radius 3 is 2.37 bits per heavy atom. The van der Waals surface area contributed by atoms with Gasteiger partial charge in [-0.25, -0.2) is 0 Å². The van der Waals surface area contributed by atoms with Crippen LogP contribution in [-0.2, 0) is 19.7 Å². The van der Waals surface area contributed by atoms with Crippen molar-refractivity contribution in [3.63, 3.8) is 0 Å². The minimum atomic E-state index is 0.415. The first-order valence-corrected chi connectivity index (χ1v) is 9.40. The van der Waals surface area contributed by atoms with Crippen LogP contribution in [-0.4, -0.2) is 7.11 Å². The Morgan fingerprint density at radius 2 is 1.59 bits per heavy atom. The summed E-state index contributed by atoms with van der Waals surface area (Å²) in [6.45, 7) is 1.72. The Labute approximate surface area is 169 Å². The second-order valence-electron chi connectivity index (χ2n) is 6.06. The summed E-state index contributed by atoms with van der Waals surface area (Å²) in [7, 11) is 1.64. The zero-order valence-corrected chi connectivity index (χ0v) is 16.6. The van der Waals surface area contributed by atoms with Crippen LogP contribution in [0.1, 0.15) is 16.7 Å². The predicted octanol–water partition coefficient (Wildman–Crippen LogP) is 5.87. The summed E-state index contributed by atoms with van der Waals surface area (Å²) in [5.74, 6) is 1.43. The van der Waals surface area contributed by atoms with E-state index in [4.69, 9.17) is 32.7 Å². The summed E-state index contributed by atoms with van der Waals surface area (Å²) in [5, 5.41) is 4.87. The standard InChI is InChI=1S/C22H21Cl2NO2/c1-26-21-11-5-8-18(14-25-13-17-7-2-3-10-20(17)24)22(21)27-15-16-6-4-9-19(23)12-16/h2-12,25H,13-15H2,1H3. The fraction of sp³-hybridized carbons (Fsp3) is 0.182. The molecule has 3 aromatic rings. The summed E-state index contributed by atoms with van der Waals surface area (Å²) < 4.78 is 11.6. The lowest BCUT2D eigenvalue weighted by atomic mass is 10.1. The number of methoxy groups -OCH3 is 1. The van der Waals surface area contributed by atoms with Crippen molar-refractivity contribution in [2.45, 2.75) is 19.7 Å². The van der Waals surface area contributed by atoms with Gasteiger partial charge >= 0.3 is 0 Å². The summed E-state index contributed by atoms with van der Waals surface area (Å²) in [6.07, 6.45) is 0. The molecule has 0 radical (unpaired) electrons. The van der Waals surface area contributed by atoms with Crippen molar-refractivity contribution >= 4 is 23.2 Å². The molecule has 0 aliphatic heterocycles. The fourth-order valence-corrected chi connectivity index (χ4v) is 3.20. The lowest BCUT2D eigenvalue weighted by Gasteiger charge is -2.16. The Hall–Kier alpha value is -2.20. The van der Waals surface area contributed by atoms with Crippen molar-refractivity contribution in [2.75, 3.05) is 7.11 Å². The molecule has 27 heavy (non-hydrogen) atoms. The van der Waals surface area contributed by atoms with E-state index in [9.17, 15) is 0 Å². The molecule has 0 saturated heterocycles. The maximum atomic E-state index is 6.22. The fourth-order valence-electron chi connectivity index (χ4n) is 2.78. The Balaban J connectivity index is 1.70. The Bertz CT molecular complexity index is 899. The van der Waals surface area contributed by atoms with Crippen molar-refractivity contribution in [1.29, 1.82) is 0 Å². The van der Waals surface area contributed by atoms with Crippen molar-refractivity contribution in [2.24, 2.45) is 0 Å². The summed E-state index contributed by atoms with van der Waals surface area (Å²) >= 11 is 12.3. The van der Waals surface area contributed by atoms with Crippen LogP contribution in [0.3, 0.4) is 0 Å². The van der Waals surface area contributed by atoms with Gasteiger partial charge in [0.25, 0.3) is 0 Å². The smallest absolute Gasteiger partial charge is 0.166 e. The van der Waals surface area contributed by atoms with Crippen LogP contribution in [0, 0.1) is 0 Å². The van der Waals surface area contributed by atoms with E-state index in [1.165, 1.54) is 0 Å². The van der Waals surface area contributed by atoms with E-state index in [0.29, 0.717) is 30.5 Å². The highest BCUT2D eigenvalue weighted by atomic mass is 35.5. The Kier molecular flexibility index (Phi) is 6.99. The molecule has 0 spiro atoms. The molecule has 3 nitrogen and oxygen atoms in total. The molecule has 5 heteroatoms. The van der Waals surface area contributed by atoms with E-state index in [1.54, 1.807) is 7.11 Å². The number of para-hydroxylation sites is 1. The topological polar surface area (TPSA) is 30.5 Å². The molecule has 3 aromatic carbocycles. The van der Waals surface area contributed by atoms with Crippen LogP contribution in [0.15, 0.2) is 66.7 Å². The maximum absolute atomic E-state index is 6.22. The van der Waals surface area contributed by atoms with Gasteiger partial charge in [-0.3, -0.25) is 0 Å². The van der Waals surface area contributed by atoms with E-state index in [2.05, 4.69) is 5.32 Å². The zero-order chi connectivity index (χ0) is 19.1. The molecule has 0 bridgehead atoms. The van der Waals surface area contributed by atoms with Gasteiger partial charge in [-0.1, -0.05) is 65.7 Å². The monoisotopic (exact) mass is 401 g/mol. The molecule has 0 amide bonds. The van der Waals surface area contributed by atoms with Crippen LogP contribution in [0.25, 0.3) is 0 Å². The number of benzene rings is 3. The lowest BCUT2D eigenvalue weighted by Crippen LogP contribution is -2.14. The molecule has 0 heterocycles. The third-order valence-electron chi connectivity index (χ3n) is 4.14. The van der Waals surface area contributed by atoms with Crippen LogP contribution in [0.4, 0.5) is 0 Å². The SMILES string of the molecule is COc1cccc(CNCc2ccccc2Cl)c1OCc1cccc(Cl)c1. The normalized spacial score (nSPS) is 10.6. The summed E-state index contributed by atoms with van der Waals surface area (Å²) in [5.41, 5.74) is 3.08. The van der Waals surface area contributed by atoms with Crippen molar-refractivity contribution in [1.82, 2.24) is 5.32 Å². The molecule has 140 valence electrons. The number of nitrogens with one attached hydrogen (secondary N) is 1. The first-order chi connectivity index (χ1) is 13.2. The van der Waals surface area contributed by atoms with Gasteiger partial charge < -0.3 is 14.8 Å². The van der Waals surface area contributed by atoms with Crippen LogP contribution in [0.5, 0.6) is 11.5 Å². The average Bonchev–Trinajstić information content (AvgIpc) is 2.68. The van der Waals surface area contributed by atoms with E-state index >= 15 is 0 Å². The molecule has 0 aliphatic rings. The van der Waals surface area contributed by atoms with Crippen molar-refractivity contribution in [3.8, 4) is 11.5 Å². The predicted molar refractivity (Wildman–Crippen MR) is 111 cm³/mol. The quantitative estimate of drug-likeness (QED) is 0.511. The van der Waals surface area contributed by atoms with Gasteiger partial charge in [0.2, 0.25) is 0 Å². The number of halogens is 2. The highest BCUT2D eigenvalue weighted by Crippen LogP contribution is 2.32. The molecule has 0 aromatic heterocycles. The third-order valence-corrected chi connectivity index (χ3v) is 4.75. The lowest BCUT2D eigenvalue weighted by molar-refractivity contribution is 0.280. The molecule has 0 saturated carbocycles. The van der Waals surface area contributed by atoms with E-state index in [-0.39, 0.29) is 0 Å². The molecular weight excluding hydrogens is 381 g/mol. The van der Waals surface area contributed by atoms with Gasteiger partial charge in [0.1, 0.15) is 6.61 Å². The van der Waals surface area contributed by atoms with Gasteiger partial charge in [-0.15, -0.1) is 0 Å².